The number of halogens is 1. The summed E-state index contributed by atoms with van der Waals surface area (Å²) in [4.78, 5) is 10.9. The summed E-state index contributed by atoms with van der Waals surface area (Å²) in [7, 11) is 2.19. The first kappa shape index (κ1) is 21.3. The molecule has 2 fully saturated rings. The van der Waals surface area contributed by atoms with Crippen molar-refractivity contribution in [1.82, 2.24) is 19.4 Å². The second-order valence-electron chi connectivity index (χ2n) is 9.12. The number of benzene rings is 1. The number of rotatable bonds is 3. The van der Waals surface area contributed by atoms with Crippen molar-refractivity contribution >= 4 is 28.5 Å². The van der Waals surface area contributed by atoms with Crippen LogP contribution in [0.3, 0.4) is 0 Å². The van der Waals surface area contributed by atoms with Crippen LogP contribution in [0.5, 0.6) is 0 Å². The second-order valence-corrected chi connectivity index (χ2v) is 9.52. The molecule has 0 bridgehead atoms. The van der Waals surface area contributed by atoms with Crippen LogP contribution in [-0.2, 0) is 6.54 Å². The summed E-state index contributed by atoms with van der Waals surface area (Å²) in [6.07, 6.45) is 9.63. The third-order valence-electron chi connectivity index (χ3n) is 6.85. The quantitative estimate of drug-likeness (QED) is 0.589. The zero-order chi connectivity index (χ0) is 22.3. The van der Waals surface area contributed by atoms with Crippen LogP contribution < -0.4 is 5.73 Å². The Morgan fingerprint density at radius 3 is 2.84 bits per heavy atom. The lowest BCUT2D eigenvalue weighted by atomic mass is 10.0. The number of nitrogens with two attached hydrogens (primary N) is 1. The van der Waals surface area contributed by atoms with Gasteiger partial charge in [-0.1, -0.05) is 23.4 Å². The predicted molar refractivity (Wildman–Crippen MR) is 128 cm³/mol. The van der Waals surface area contributed by atoms with Crippen LogP contribution >= 0.6 is 11.6 Å². The van der Waals surface area contributed by atoms with Crippen LogP contribution in [0.4, 0.5) is 5.95 Å². The number of nitrogens with zero attached hydrogens (tertiary/aromatic N) is 4. The summed E-state index contributed by atoms with van der Waals surface area (Å²) in [5, 5.41) is 12.1. The minimum atomic E-state index is -0.860. The first-order valence-electron chi connectivity index (χ1n) is 11.3. The Morgan fingerprint density at radius 1 is 1.28 bits per heavy atom. The number of aliphatic hydroxyl groups is 1. The smallest absolute Gasteiger partial charge is 0.220 e. The fraction of sp³-hybridized carbons (Fsp3) is 0.440. The zero-order valence-corrected chi connectivity index (χ0v) is 19.1. The van der Waals surface area contributed by atoms with Crippen molar-refractivity contribution in [3.05, 3.63) is 41.2 Å². The molecule has 1 aliphatic carbocycles. The van der Waals surface area contributed by atoms with Gasteiger partial charge in [-0.05, 0) is 70.3 Å². The maximum atomic E-state index is 10.6. The lowest BCUT2D eigenvalue weighted by Crippen LogP contribution is -2.29. The van der Waals surface area contributed by atoms with E-state index in [2.05, 4.69) is 56.7 Å². The first-order chi connectivity index (χ1) is 15.4. The number of hydrogen-bond donors (Lipinski definition) is 2. The number of nitrogen functional groups attached to an aromatic ring is 1. The van der Waals surface area contributed by atoms with Crippen molar-refractivity contribution in [2.45, 2.75) is 56.7 Å². The molecule has 0 spiro atoms. The van der Waals surface area contributed by atoms with Gasteiger partial charge in [0.2, 0.25) is 5.95 Å². The third kappa shape index (κ3) is 4.09. The average molecular weight is 450 g/mol. The Bertz CT molecular complexity index is 1220. The van der Waals surface area contributed by atoms with E-state index in [1.165, 1.54) is 12.8 Å². The molecule has 2 aromatic heterocycles. The van der Waals surface area contributed by atoms with Gasteiger partial charge in [0.15, 0.2) is 0 Å². The first-order valence-corrected chi connectivity index (χ1v) is 11.7. The molecule has 3 aromatic rings. The highest BCUT2D eigenvalue weighted by Gasteiger charge is 2.28. The monoisotopic (exact) mass is 449 g/mol. The lowest BCUT2D eigenvalue weighted by Gasteiger charge is -2.20. The van der Waals surface area contributed by atoms with Crippen LogP contribution in [-0.4, -0.2) is 49.8 Å². The summed E-state index contributed by atoms with van der Waals surface area (Å²) in [5.74, 6) is 6.51. The summed E-state index contributed by atoms with van der Waals surface area (Å²) in [6, 6.07) is 6.71. The highest BCUT2D eigenvalue weighted by atomic mass is 35.5. The molecule has 2 aliphatic rings. The van der Waals surface area contributed by atoms with E-state index in [1.807, 2.05) is 6.07 Å². The predicted octanol–water partition coefficient (Wildman–Crippen LogP) is 4.08. The molecule has 32 heavy (non-hydrogen) atoms. The normalized spacial score (nSPS) is 20.5. The van der Waals surface area contributed by atoms with E-state index < -0.39 is 5.60 Å². The number of anilines is 1. The largest absolute Gasteiger partial charge is 0.378 e. The molecule has 1 atom stereocenters. The number of likely N-dealkylation sites (N-methyl/N-ethyl adjacent to an activating group) is 1. The van der Waals surface area contributed by atoms with Crippen LogP contribution in [0.1, 0.15) is 44.1 Å². The molecule has 7 heteroatoms. The number of fused-ring (bicyclic) bond motifs is 1. The molecule has 3 N–H and O–H groups in total. The van der Waals surface area contributed by atoms with E-state index in [0.717, 1.165) is 60.8 Å². The van der Waals surface area contributed by atoms with Gasteiger partial charge in [-0.25, -0.2) is 9.97 Å². The van der Waals surface area contributed by atoms with Crippen molar-refractivity contribution in [3.8, 4) is 23.1 Å². The van der Waals surface area contributed by atoms with E-state index >= 15 is 0 Å². The maximum absolute atomic E-state index is 10.6. The standard InChI is InChI=1S/C25H28ClN5O/c1-30-12-4-5-18(30)15-31-16-20(23-21(26)14-28-24(27)29-23)19-13-17(6-7-22(19)31)8-11-25(32)9-2-3-10-25/h6-7,13-14,16,18,32H,2-5,9-10,12,15H2,1H3,(H2,27,28,29). The molecule has 6 nitrogen and oxygen atoms in total. The molecule has 1 aliphatic heterocycles. The van der Waals surface area contributed by atoms with Crippen LogP contribution in [0.15, 0.2) is 30.6 Å². The molecule has 1 saturated heterocycles. The van der Waals surface area contributed by atoms with E-state index in [9.17, 15) is 5.11 Å². The molecule has 0 amide bonds. The molecule has 166 valence electrons. The molecule has 0 radical (unpaired) electrons. The molecular weight excluding hydrogens is 422 g/mol. The summed E-state index contributed by atoms with van der Waals surface area (Å²) in [6.45, 7) is 2.03. The topological polar surface area (TPSA) is 80.2 Å². The minimum Gasteiger partial charge on any atom is -0.378 e. The van der Waals surface area contributed by atoms with E-state index in [1.54, 1.807) is 6.20 Å². The van der Waals surface area contributed by atoms with Gasteiger partial charge in [0.25, 0.3) is 0 Å². The number of hydrogen-bond acceptors (Lipinski definition) is 5. The molecule has 3 heterocycles. The maximum Gasteiger partial charge on any atom is 0.220 e. The van der Waals surface area contributed by atoms with Gasteiger partial charge in [0.05, 0.1) is 16.9 Å². The lowest BCUT2D eigenvalue weighted by molar-refractivity contribution is 0.110. The van der Waals surface area contributed by atoms with Gasteiger partial charge >= 0.3 is 0 Å². The molecule has 1 unspecified atom stereocenters. The van der Waals surface area contributed by atoms with Gasteiger partial charge in [0, 0.05) is 40.8 Å². The van der Waals surface area contributed by atoms with Crippen molar-refractivity contribution < 1.29 is 5.11 Å². The van der Waals surface area contributed by atoms with E-state index in [0.29, 0.717) is 16.8 Å². The number of likely N-dealkylation sites (tertiary alicyclic amines) is 1. The van der Waals surface area contributed by atoms with Crippen LogP contribution in [0, 0.1) is 11.8 Å². The summed E-state index contributed by atoms with van der Waals surface area (Å²) < 4.78 is 2.29. The molecule has 1 saturated carbocycles. The van der Waals surface area contributed by atoms with Gasteiger partial charge in [0.1, 0.15) is 5.60 Å². The van der Waals surface area contributed by atoms with Crippen molar-refractivity contribution in [3.63, 3.8) is 0 Å². The Morgan fingerprint density at radius 2 is 2.09 bits per heavy atom. The number of aromatic nitrogens is 3. The minimum absolute atomic E-state index is 0.195. The Hall–Kier alpha value is -2.59. The van der Waals surface area contributed by atoms with Crippen molar-refractivity contribution in [2.24, 2.45) is 0 Å². The molecular formula is C25H28ClN5O. The highest BCUT2D eigenvalue weighted by Crippen LogP contribution is 2.35. The zero-order valence-electron chi connectivity index (χ0n) is 18.3. The Balaban J connectivity index is 1.61. The van der Waals surface area contributed by atoms with Crippen LogP contribution in [0.2, 0.25) is 5.02 Å². The molecule has 5 rings (SSSR count). The van der Waals surface area contributed by atoms with Gasteiger partial charge < -0.3 is 20.3 Å². The Labute approximate surface area is 193 Å². The highest BCUT2D eigenvalue weighted by molar-refractivity contribution is 6.33. The van der Waals surface area contributed by atoms with Crippen molar-refractivity contribution in [1.29, 1.82) is 0 Å². The van der Waals surface area contributed by atoms with E-state index in [4.69, 9.17) is 17.3 Å². The second kappa shape index (κ2) is 8.40. The van der Waals surface area contributed by atoms with Crippen LogP contribution in [0.25, 0.3) is 22.2 Å². The van der Waals surface area contributed by atoms with Crippen molar-refractivity contribution in [2.75, 3.05) is 19.3 Å². The van der Waals surface area contributed by atoms with Gasteiger partial charge in [-0.15, -0.1) is 0 Å². The fourth-order valence-electron chi connectivity index (χ4n) is 4.99. The summed E-state index contributed by atoms with van der Waals surface area (Å²) in [5.41, 5.74) is 8.55. The third-order valence-corrected chi connectivity index (χ3v) is 7.12. The van der Waals surface area contributed by atoms with Gasteiger partial charge in [-0.3, -0.25) is 0 Å². The van der Waals surface area contributed by atoms with Gasteiger partial charge in [-0.2, -0.15) is 0 Å². The summed E-state index contributed by atoms with van der Waals surface area (Å²) >= 11 is 6.48. The SMILES string of the molecule is CN1CCCC1Cn1cc(-c2nc(N)ncc2Cl)c2cc(C#CC3(O)CCCC3)ccc21. The molecule has 1 aromatic carbocycles. The van der Waals surface area contributed by atoms with E-state index in [-0.39, 0.29) is 5.95 Å². The average Bonchev–Trinajstić information content (AvgIpc) is 3.49. The fourth-order valence-corrected chi connectivity index (χ4v) is 5.19. The Kier molecular flexibility index (Phi) is 5.58.